The van der Waals surface area contributed by atoms with Crippen LogP contribution in [0.15, 0.2) is 30.3 Å². The Morgan fingerprint density at radius 2 is 1.88 bits per heavy atom. The Labute approximate surface area is 101 Å². The highest BCUT2D eigenvalue weighted by Crippen LogP contribution is 2.53. The molecule has 94 valence electrons. The smallest absolute Gasteiger partial charge is 0.361 e. The number of aliphatic hydroxyl groups excluding tert-OH is 1. The van der Waals surface area contributed by atoms with Crippen LogP contribution in [-0.4, -0.2) is 24.9 Å². The van der Waals surface area contributed by atoms with E-state index in [0.717, 1.165) is 0 Å². The molecule has 1 fully saturated rings. The predicted molar refractivity (Wildman–Crippen MR) is 65.4 cm³/mol. The van der Waals surface area contributed by atoms with Crippen LogP contribution >= 0.6 is 7.60 Å². The van der Waals surface area contributed by atoms with Gasteiger partial charge < -0.3 is 14.2 Å². The van der Waals surface area contributed by atoms with Gasteiger partial charge in [0, 0.05) is 12.0 Å². The van der Waals surface area contributed by atoms with Gasteiger partial charge in [0.1, 0.15) is 0 Å². The van der Waals surface area contributed by atoms with Crippen LogP contribution in [0.1, 0.15) is 13.3 Å². The van der Waals surface area contributed by atoms with E-state index in [1.165, 1.54) is 0 Å². The van der Waals surface area contributed by atoms with Gasteiger partial charge in [0.15, 0.2) is 0 Å². The lowest BCUT2D eigenvalue weighted by Crippen LogP contribution is -2.35. The van der Waals surface area contributed by atoms with E-state index in [0.29, 0.717) is 24.9 Å². The number of rotatable bonds is 3. The summed E-state index contributed by atoms with van der Waals surface area (Å²) in [6.45, 7) is 2.73. The number of benzene rings is 1. The Bertz CT molecular complexity index is 406. The first-order valence-electron chi connectivity index (χ1n) is 5.64. The van der Waals surface area contributed by atoms with Gasteiger partial charge in [-0.25, -0.2) is 0 Å². The van der Waals surface area contributed by atoms with Crippen LogP contribution in [0.4, 0.5) is 0 Å². The predicted octanol–water partition coefficient (Wildman–Crippen LogP) is 1.94. The minimum absolute atomic E-state index is 0.0822. The molecule has 17 heavy (non-hydrogen) atoms. The Balaban J connectivity index is 2.10. The molecule has 0 unspecified atom stereocenters. The molecule has 0 aliphatic carbocycles. The maximum absolute atomic E-state index is 12.4. The number of hydrogen-bond acceptors (Lipinski definition) is 4. The molecule has 1 aromatic rings. The molecule has 0 saturated carbocycles. The molecule has 5 heteroatoms. The highest BCUT2D eigenvalue weighted by molar-refractivity contribution is 7.62. The van der Waals surface area contributed by atoms with Crippen molar-refractivity contribution < 1.29 is 18.7 Å². The lowest BCUT2D eigenvalue weighted by Gasteiger charge is -2.36. The second-order valence-corrected chi connectivity index (χ2v) is 6.69. The fourth-order valence-corrected chi connectivity index (χ4v) is 3.61. The maximum Gasteiger partial charge on any atom is 0.361 e. The molecule has 0 spiro atoms. The fourth-order valence-electron chi connectivity index (χ4n) is 1.73. The van der Waals surface area contributed by atoms with Crippen molar-refractivity contribution in [2.75, 3.05) is 19.8 Å². The van der Waals surface area contributed by atoms with Gasteiger partial charge in [0.2, 0.25) is 0 Å². The Kier molecular flexibility index (Phi) is 3.69. The van der Waals surface area contributed by atoms with Crippen molar-refractivity contribution in [2.45, 2.75) is 13.3 Å². The molecule has 0 radical (unpaired) electrons. The fraction of sp³-hybridized carbons (Fsp3) is 0.500. The molecular formula is C12H17O4P. The summed E-state index contributed by atoms with van der Waals surface area (Å²) in [4.78, 5) is 0. The maximum atomic E-state index is 12.4. The number of hydrogen-bond donors (Lipinski definition) is 1. The normalized spacial score (nSPS) is 33.5. The van der Waals surface area contributed by atoms with Crippen LogP contribution in [0, 0.1) is 5.41 Å². The van der Waals surface area contributed by atoms with E-state index < -0.39 is 7.60 Å². The van der Waals surface area contributed by atoms with E-state index in [2.05, 4.69) is 0 Å². The van der Waals surface area contributed by atoms with Crippen molar-refractivity contribution in [1.82, 2.24) is 0 Å². The Hall–Kier alpha value is -0.670. The van der Waals surface area contributed by atoms with Crippen LogP contribution in [0.3, 0.4) is 0 Å². The summed E-state index contributed by atoms with van der Waals surface area (Å²) in [6, 6.07) is 8.97. The first-order valence-corrected chi connectivity index (χ1v) is 7.18. The molecule has 0 bridgehead atoms. The van der Waals surface area contributed by atoms with Crippen molar-refractivity contribution >= 4 is 12.9 Å². The van der Waals surface area contributed by atoms with Gasteiger partial charge in [-0.05, 0) is 18.6 Å². The summed E-state index contributed by atoms with van der Waals surface area (Å²) in [5.74, 6) is 0. The van der Waals surface area contributed by atoms with Crippen molar-refractivity contribution in [3.05, 3.63) is 30.3 Å². The highest BCUT2D eigenvalue weighted by Gasteiger charge is 2.39. The first kappa shape index (κ1) is 12.8. The first-order chi connectivity index (χ1) is 8.08. The van der Waals surface area contributed by atoms with Gasteiger partial charge >= 0.3 is 7.60 Å². The number of aliphatic hydroxyl groups is 1. The standard InChI is InChI=1S/C12H17O4P/c1-12(7-8-13)9-15-17(14,16-10-12)11-5-3-2-4-6-11/h2-6,13H,7-10H2,1H3. The van der Waals surface area contributed by atoms with E-state index in [-0.39, 0.29) is 12.0 Å². The van der Waals surface area contributed by atoms with Crippen molar-refractivity contribution in [3.63, 3.8) is 0 Å². The zero-order valence-corrected chi connectivity index (χ0v) is 10.7. The minimum Gasteiger partial charge on any atom is -0.396 e. The summed E-state index contributed by atoms with van der Waals surface area (Å²) in [6.07, 6.45) is 0.585. The lowest BCUT2D eigenvalue weighted by molar-refractivity contribution is 0.0171. The molecule has 4 nitrogen and oxygen atoms in total. The lowest BCUT2D eigenvalue weighted by atomic mass is 9.89. The second-order valence-electron chi connectivity index (χ2n) is 4.66. The highest BCUT2D eigenvalue weighted by atomic mass is 31.2. The van der Waals surface area contributed by atoms with Gasteiger partial charge in [0.25, 0.3) is 0 Å². The average molecular weight is 256 g/mol. The molecule has 0 amide bonds. The van der Waals surface area contributed by atoms with E-state index in [1.807, 2.05) is 25.1 Å². The molecule has 1 aliphatic heterocycles. The summed E-state index contributed by atoms with van der Waals surface area (Å²) in [5, 5.41) is 9.54. The summed E-state index contributed by atoms with van der Waals surface area (Å²) in [7, 11) is -3.15. The monoisotopic (exact) mass is 256 g/mol. The molecule has 1 heterocycles. The van der Waals surface area contributed by atoms with Crippen LogP contribution in [0.25, 0.3) is 0 Å². The van der Waals surface area contributed by atoms with Gasteiger partial charge in [0.05, 0.1) is 18.5 Å². The van der Waals surface area contributed by atoms with Crippen molar-refractivity contribution in [2.24, 2.45) is 5.41 Å². The third-order valence-electron chi connectivity index (χ3n) is 2.95. The Morgan fingerprint density at radius 3 is 2.41 bits per heavy atom. The SMILES string of the molecule is CC1(CCO)COP(=O)(c2ccccc2)OC1. The van der Waals surface area contributed by atoms with Crippen LogP contribution < -0.4 is 5.30 Å². The summed E-state index contributed by atoms with van der Waals surface area (Å²) in [5.41, 5.74) is -0.253. The largest absolute Gasteiger partial charge is 0.396 e. The van der Waals surface area contributed by atoms with Crippen LogP contribution in [0.2, 0.25) is 0 Å². The van der Waals surface area contributed by atoms with E-state index >= 15 is 0 Å². The van der Waals surface area contributed by atoms with Gasteiger partial charge in [-0.1, -0.05) is 25.1 Å². The molecule has 1 N–H and O–H groups in total. The molecular weight excluding hydrogens is 239 g/mol. The second kappa shape index (κ2) is 4.91. The zero-order valence-electron chi connectivity index (χ0n) is 9.83. The molecule has 1 saturated heterocycles. The quantitative estimate of drug-likeness (QED) is 0.840. The molecule has 0 atom stereocenters. The third kappa shape index (κ3) is 2.78. The molecule has 0 aromatic heterocycles. The van der Waals surface area contributed by atoms with Gasteiger partial charge in [-0.3, -0.25) is 4.57 Å². The minimum atomic E-state index is -3.15. The topological polar surface area (TPSA) is 55.8 Å². The Morgan fingerprint density at radius 1 is 1.29 bits per heavy atom. The summed E-state index contributed by atoms with van der Waals surface area (Å²) < 4.78 is 23.3. The van der Waals surface area contributed by atoms with Crippen LogP contribution in [0.5, 0.6) is 0 Å². The van der Waals surface area contributed by atoms with Gasteiger partial charge in [-0.15, -0.1) is 0 Å². The van der Waals surface area contributed by atoms with Gasteiger partial charge in [-0.2, -0.15) is 0 Å². The van der Waals surface area contributed by atoms with E-state index in [1.54, 1.807) is 12.1 Å². The summed E-state index contributed by atoms with van der Waals surface area (Å²) >= 11 is 0. The van der Waals surface area contributed by atoms with E-state index in [9.17, 15) is 4.57 Å². The average Bonchev–Trinajstić information content (AvgIpc) is 2.35. The molecule has 1 aliphatic rings. The van der Waals surface area contributed by atoms with Crippen molar-refractivity contribution in [1.29, 1.82) is 0 Å². The molecule has 1 aromatic carbocycles. The van der Waals surface area contributed by atoms with Crippen LogP contribution in [-0.2, 0) is 13.6 Å². The molecule has 2 rings (SSSR count). The van der Waals surface area contributed by atoms with Crippen molar-refractivity contribution in [3.8, 4) is 0 Å². The third-order valence-corrected chi connectivity index (χ3v) is 4.82. The van der Waals surface area contributed by atoms with E-state index in [4.69, 9.17) is 14.2 Å². The zero-order chi connectivity index (χ0) is 12.4.